The van der Waals surface area contributed by atoms with Gasteiger partial charge in [0.25, 0.3) is 0 Å². The van der Waals surface area contributed by atoms with Crippen LogP contribution in [0, 0.1) is 12.3 Å². The summed E-state index contributed by atoms with van der Waals surface area (Å²) >= 11 is 4.18. The second-order valence-electron chi connectivity index (χ2n) is 2.22. The molecule has 1 aromatic rings. The fourth-order valence-corrected chi connectivity index (χ4v) is 1.12. The van der Waals surface area contributed by atoms with E-state index in [1.165, 1.54) is 0 Å². The zero-order valence-corrected chi connectivity index (χ0v) is 7.02. The van der Waals surface area contributed by atoms with Crippen molar-refractivity contribution in [2.45, 2.75) is 11.8 Å². The molecule has 1 aromatic carbocycles. The molecule has 56 valence electrons. The molecule has 0 radical (unpaired) electrons. The molecule has 0 aliphatic rings. The highest BCUT2D eigenvalue weighted by atomic mass is 32.1. The first-order valence-corrected chi connectivity index (χ1v) is 3.61. The lowest BCUT2D eigenvalue weighted by molar-refractivity contribution is 1.32. The Labute approximate surface area is 70.9 Å². The molecule has 0 amide bonds. The average molecular weight is 164 g/mol. The smallest absolute Gasteiger partial charge is 0.0918 e. The van der Waals surface area contributed by atoms with Gasteiger partial charge in [-0.15, -0.1) is 12.6 Å². The van der Waals surface area contributed by atoms with Crippen LogP contribution in [0.1, 0.15) is 5.56 Å². The molecule has 0 saturated carbocycles. The molecular formula is C8H8N2S. The quantitative estimate of drug-likeness (QED) is 0.473. The fourth-order valence-electron chi connectivity index (χ4n) is 0.788. The van der Waals surface area contributed by atoms with E-state index in [-0.39, 0.29) is 0 Å². The van der Waals surface area contributed by atoms with Gasteiger partial charge >= 0.3 is 0 Å². The van der Waals surface area contributed by atoms with Gasteiger partial charge in [0.05, 0.1) is 11.7 Å². The van der Waals surface area contributed by atoms with Crippen LogP contribution in [0.3, 0.4) is 0 Å². The van der Waals surface area contributed by atoms with E-state index in [1.54, 1.807) is 0 Å². The Balaban J connectivity index is 3.19. The van der Waals surface area contributed by atoms with Gasteiger partial charge in [-0.1, -0.05) is 6.07 Å². The Morgan fingerprint density at radius 3 is 2.82 bits per heavy atom. The molecule has 2 nitrogen and oxygen atoms in total. The van der Waals surface area contributed by atoms with Gasteiger partial charge in [0, 0.05) is 4.90 Å². The van der Waals surface area contributed by atoms with Crippen LogP contribution in [-0.2, 0) is 0 Å². The van der Waals surface area contributed by atoms with Crippen molar-refractivity contribution in [1.29, 1.82) is 5.41 Å². The van der Waals surface area contributed by atoms with Gasteiger partial charge in [-0.3, -0.25) is 0 Å². The monoisotopic (exact) mass is 164 g/mol. The summed E-state index contributed by atoms with van der Waals surface area (Å²) < 4.78 is 0. The number of benzene rings is 1. The zero-order chi connectivity index (χ0) is 8.27. The van der Waals surface area contributed by atoms with Crippen LogP contribution < -0.4 is 0 Å². The van der Waals surface area contributed by atoms with E-state index in [0.29, 0.717) is 5.69 Å². The molecule has 0 fully saturated rings. The van der Waals surface area contributed by atoms with Crippen molar-refractivity contribution in [2.24, 2.45) is 4.99 Å². The normalized spacial score (nSPS) is 8.91. The molecule has 0 aromatic heterocycles. The minimum Gasteiger partial charge on any atom is -0.241 e. The number of rotatable bonds is 1. The van der Waals surface area contributed by atoms with Crippen molar-refractivity contribution in [3.05, 3.63) is 23.8 Å². The van der Waals surface area contributed by atoms with Crippen molar-refractivity contribution in [1.82, 2.24) is 0 Å². The largest absolute Gasteiger partial charge is 0.241 e. The van der Waals surface area contributed by atoms with E-state index in [1.807, 2.05) is 31.1 Å². The number of nitrogens with one attached hydrogen (secondary N) is 1. The number of thiol groups is 1. The lowest BCUT2D eigenvalue weighted by Crippen LogP contribution is -1.72. The Morgan fingerprint density at radius 2 is 2.27 bits per heavy atom. The minimum atomic E-state index is 0.689. The van der Waals surface area contributed by atoms with E-state index < -0.39 is 0 Å². The number of aliphatic imine (C=N–C) groups is 1. The van der Waals surface area contributed by atoms with Gasteiger partial charge in [0.2, 0.25) is 0 Å². The molecule has 1 rings (SSSR count). The summed E-state index contributed by atoms with van der Waals surface area (Å²) in [5.41, 5.74) is 1.83. The third-order valence-corrected chi connectivity index (χ3v) is 1.67. The standard InChI is InChI=1S/C8H8N2S/c1-6-2-3-7(10-5-9)8(11)4-6/h2-4,9,11H,1H3. The molecule has 0 atom stereocenters. The highest BCUT2D eigenvalue weighted by Gasteiger charge is 1.94. The second-order valence-corrected chi connectivity index (χ2v) is 2.70. The molecule has 0 saturated heterocycles. The maximum Gasteiger partial charge on any atom is 0.0918 e. The third-order valence-electron chi connectivity index (χ3n) is 1.31. The third kappa shape index (κ3) is 1.93. The molecule has 0 bridgehead atoms. The van der Waals surface area contributed by atoms with E-state index in [4.69, 9.17) is 5.41 Å². The van der Waals surface area contributed by atoms with E-state index >= 15 is 0 Å². The first kappa shape index (κ1) is 8.05. The highest BCUT2D eigenvalue weighted by molar-refractivity contribution is 7.80. The predicted octanol–water partition coefficient (Wildman–Crippen LogP) is 2.67. The number of hydrogen-bond acceptors (Lipinski definition) is 3. The number of aryl methyl sites for hydroxylation is 1. The van der Waals surface area contributed by atoms with Crippen LogP contribution >= 0.6 is 12.6 Å². The summed E-state index contributed by atoms with van der Waals surface area (Å²) in [5, 5.41) is 6.64. The number of nitrogens with zero attached hydrogens (tertiary/aromatic N) is 1. The second kappa shape index (κ2) is 3.37. The average Bonchev–Trinajstić information content (AvgIpc) is 1.95. The van der Waals surface area contributed by atoms with Crippen molar-refractivity contribution >= 4 is 24.3 Å². The number of hydrogen-bond donors (Lipinski definition) is 2. The summed E-state index contributed by atoms with van der Waals surface area (Å²) in [7, 11) is 0. The molecule has 11 heavy (non-hydrogen) atoms. The van der Waals surface area contributed by atoms with Gasteiger partial charge in [-0.05, 0) is 24.6 Å². The molecule has 0 spiro atoms. The van der Waals surface area contributed by atoms with E-state index in [2.05, 4.69) is 17.6 Å². The zero-order valence-electron chi connectivity index (χ0n) is 6.13. The molecule has 0 heterocycles. The Morgan fingerprint density at radius 1 is 1.55 bits per heavy atom. The van der Waals surface area contributed by atoms with E-state index in [9.17, 15) is 0 Å². The molecule has 0 unspecified atom stereocenters. The lowest BCUT2D eigenvalue weighted by atomic mass is 10.2. The summed E-state index contributed by atoms with van der Waals surface area (Å²) in [6.07, 6.45) is 0. The van der Waals surface area contributed by atoms with Crippen molar-refractivity contribution in [3.63, 3.8) is 0 Å². The Bertz CT molecular complexity index is 314. The topological polar surface area (TPSA) is 36.2 Å². The minimum absolute atomic E-state index is 0.689. The first-order chi connectivity index (χ1) is 5.24. The van der Waals surface area contributed by atoms with Gasteiger partial charge in [0.15, 0.2) is 0 Å². The van der Waals surface area contributed by atoms with E-state index in [0.717, 1.165) is 10.5 Å². The summed E-state index contributed by atoms with van der Waals surface area (Å²) in [6, 6.07) is 7.62. The SMILES string of the molecule is Cc1ccc(N=C=N)c(S)c1. The maximum absolute atomic E-state index is 6.64. The Kier molecular flexibility index (Phi) is 2.47. The summed E-state index contributed by atoms with van der Waals surface area (Å²) in [4.78, 5) is 4.47. The fraction of sp³-hybridized carbons (Fsp3) is 0.125. The summed E-state index contributed by atoms with van der Waals surface area (Å²) in [6.45, 7) is 1.98. The van der Waals surface area contributed by atoms with Crippen LogP contribution in [0.4, 0.5) is 5.69 Å². The Hall–Kier alpha value is -1.05. The van der Waals surface area contributed by atoms with Crippen LogP contribution in [0.15, 0.2) is 28.1 Å². The maximum atomic E-state index is 6.64. The molecular weight excluding hydrogens is 156 g/mol. The van der Waals surface area contributed by atoms with Gasteiger partial charge in [-0.2, -0.15) is 4.99 Å². The molecule has 0 aliphatic heterocycles. The van der Waals surface area contributed by atoms with Gasteiger partial charge in [0.1, 0.15) is 0 Å². The first-order valence-electron chi connectivity index (χ1n) is 3.16. The molecule has 1 N–H and O–H groups in total. The van der Waals surface area contributed by atoms with Gasteiger partial charge in [-0.25, -0.2) is 5.41 Å². The van der Waals surface area contributed by atoms with Crippen molar-refractivity contribution in [3.8, 4) is 0 Å². The van der Waals surface area contributed by atoms with Gasteiger partial charge < -0.3 is 0 Å². The van der Waals surface area contributed by atoms with Crippen LogP contribution in [0.2, 0.25) is 0 Å². The highest BCUT2D eigenvalue weighted by Crippen LogP contribution is 2.22. The van der Waals surface area contributed by atoms with Crippen molar-refractivity contribution in [2.75, 3.05) is 0 Å². The molecule has 0 aliphatic carbocycles. The van der Waals surface area contributed by atoms with Crippen LogP contribution in [-0.4, -0.2) is 6.01 Å². The molecule has 3 heteroatoms. The van der Waals surface area contributed by atoms with Crippen molar-refractivity contribution < 1.29 is 0 Å². The van der Waals surface area contributed by atoms with Crippen LogP contribution in [0.5, 0.6) is 0 Å². The van der Waals surface area contributed by atoms with Crippen LogP contribution in [0.25, 0.3) is 0 Å². The predicted molar refractivity (Wildman–Crippen MR) is 48.2 cm³/mol. The summed E-state index contributed by atoms with van der Waals surface area (Å²) in [5.74, 6) is 0. The lowest BCUT2D eigenvalue weighted by Gasteiger charge is -1.97.